The summed E-state index contributed by atoms with van der Waals surface area (Å²) in [4.78, 5) is 22.4. The van der Waals surface area contributed by atoms with Crippen LogP contribution in [0.3, 0.4) is 0 Å². The van der Waals surface area contributed by atoms with Crippen molar-refractivity contribution >= 4 is 11.7 Å². The average Bonchev–Trinajstić information content (AvgIpc) is 2.49. The van der Waals surface area contributed by atoms with Gasteiger partial charge in [-0.2, -0.15) is 0 Å². The van der Waals surface area contributed by atoms with Crippen LogP contribution in [0.15, 0.2) is 36.7 Å². The van der Waals surface area contributed by atoms with E-state index in [0.29, 0.717) is 11.4 Å². The van der Waals surface area contributed by atoms with Crippen molar-refractivity contribution in [1.82, 2.24) is 14.9 Å². The van der Waals surface area contributed by atoms with Crippen LogP contribution in [0.25, 0.3) is 0 Å². The van der Waals surface area contributed by atoms with Crippen molar-refractivity contribution in [2.75, 3.05) is 12.8 Å². The van der Waals surface area contributed by atoms with Gasteiger partial charge >= 0.3 is 0 Å². The van der Waals surface area contributed by atoms with Crippen LogP contribution in [0.2, 0.25) is 0 Å². The molecule has 0 saturated carbocycles. The lowest BCUT2D eigenvalue weighted by molar-refractivity contribution is 0.0742. The monoisotopic (exact) mass is 284 g/mol. The number of amides is 1. The Labute approximate surface area is 124 Å². The summed E-state index contributed by atoms with van der Waals surface area (Å²) < 4.78 is 0. The highest BCUT2D eigenvalue weighted by Crippen LogP contribution is 2.12. The molecule has 2 rings (SSSR count). The smallest absolute Gasteiger partial charge is 0.255 e. The van der Waals surface area contributed by atoms with E-state index < -0.39 is 0 Å². The van der Waals surface area contributed by atoms with Crippen molar-refractivity contribution < 1.29 is 4.79 Å². The fraction of sp³-hybridized carbons (Fsp3) is 0.312. The highest BCUT2D eigenvalue weighted by atomic mass is 16.2. The number of aryl methyl sites for hydroxylation is 1. The van der Waals surface area contributed by atoms with Gasteiger partial charge in [0.15, 0.2) is 0 Å². The molecule has 5 nitrogen and oxygen atoms in total. The van der Waals surface area contributed by atoms with E-state index >= 15 is 0 Å². The zero-order valence-electron chi connectivity index (χ0n) is 12.6. The van der Waals surface area contributed by atoms with Gasteiger partial charge in [0.2, 0.25) is 0 Å². The minimum atomic E-state index is -0.0661. The highest BCUT2D eigenvalue weighted by Gasteiger charge is 2.19. The second-order valence-corrected chi connectivity index (χ2v) is 5.21. The first-order valence-electron chi connectivity index (χ1n) is 6.88. The van der Waals surface area contributed by atoms with Crippen molar-refractivity contribution in [3.05, 3.63) is 53.5 Å². The summed E-state index contributed by atoms with van der Waals surface area (Å²) in [6, 6.07) is 7.32. The molecule has 5 heteroatoms. The molecule has 0 aliphatic rings. The first kappa shape index (κ1) is 15.0. The van der Waals surface area contributed by atoms with Gasteiger partial charge in [-0.25, -0.2) is 4.98 Å². The van der Waals surface area contributed by atoms with Crippen molar-refractivity contribution in [3.63, 3.8) is 0 Å². The number of rotatable bonds is 4. The molecule has 2 heterocycles. The maximum atomic E-state index is 12.4. The van der Waals surface area contributed by atoms with E-state index in [1.807, 2.05) is 26.0 Å². The molecular formula is C16H20N4O. The Hall–Kier alpha value is -2.43. The van der Waals surface area contributed by atoms with Crippen LogP contribution in [0, 0.1) is 6.92 Å². The summed E-state index contributed by atoms with van der Waals surface area (Å²) in [6.07, 6.45) is 4.00. The van der Waals surface area contributed by atoms with Gasteiger partial charge in [-0.15, -0.1) is 0 Å². The van der Waals surface area contributed by atoms with E-state index in [0.717, 1.165) is 17.7 Å². The van der Waals surface area contributed by atoms with Gasteiger partial charge in [-0.1, -0.05) is 6.07 Å². The van der Waals surface area contributed by atoms with E-state index in [-0.39, 0.29) is 11.9 Å². The molecule has 0 aliphatic heterocycles. The van der Waals surface area contributed by atoms with Gasteiger partial charge in [0.25, 0.3) is 5.91 Å². The maximum Gasteiger partial charge on any atom is 0.255 e. The van der Waals surface area contributed by atoms with E-state index in [1.54, 1.807) is 30.3 Å². The Morgan fingerprint density at radius 3 is 2.71 bits per heavy atom. The van der Waals surface area contributed by atoms with Crippen LogP contribution in [0.5, 0.6) is 0 Å². The third-order valence-electron chi connectivity index (χ3n) is 3.62. The third kappa shape index (κ3) is 3.56. The van der Waals surface area contributed by atoms with Gasteiger partial charge in [0.05, 0.1) is 5.56 Å². The van der Waals surface area contributed by atoms with Gasteiger partial charge < -0.3 is 10.6 Å². The Kier molecular flexibility index (Phi) is 4.52. The largest absolute Gasteiger partial charge is 0.384 e. The Bertz CT molecular complexity index is 624. The number of hydrogen-bond donors (Lipinski definition) is 1. The minimum Gasteiger partial charge on any atom is -0.384 e. The SMILES string of the molecule is Cc1cccnc1CC(C)N(C)C(=O)c1ccc(N)nc1. The molecule has 0 saturated heterocycles. The number of aromatic nitrogens is 2. The lowest BCUT2D eigenvalue weighted by atomic mass is 10.1. The normalized spacial score (nSPS) is 12.0. The van der Waals surface area contributed by atoms with Crippen molar-refractivity contribution in [2.24, 2.45) is 0 Å². The molecule has 110 valence electrons. The summed E-state index contributed by atoms with van der Waals surface area (Å²) in [5.41, 5.74) is 8.23. The topological polar surface area (TPSA) is 72.1 Å². The predicted molar refractivity (Wildman–Crippen MR) is 82.9 cm³/mol. The van der Waals surface area contributed by atoms with Crippen LogP contribution >= 0.6 is 0 Å². The third-order valence-corrected chi connectivity index (χ3v) is 3.62. The molecule has 1 amide bonds. The number of nitrogen functional groups attached to an aromatic ring is 1. The van der Waals surface area contributed by atoms with Crippen LogP contribution in [0.4, 0.5) is 5.82 Å². The van der Waals surface area contributed by atoms with Gasteiger partial charge in [-0.3, -0.25) is 9.78 Å². The number of hydrogen-bond acceptors (Lipinski definition) is 4. The number of nitrogens with two attached hydrogens (primary N) is 1. The van der Waals surface area contributed by atoms with Crippen molar-refractivity contribution in [1.29, 1.82) is 0 Å². The highest BCUT2D eigenvalue weighted by molar-refractivity contribution is 5.94. The summed E-state index contributed by atoms with van der Waals surface area (Å²) in [5, 5.41) is 0. The molecule has 1 atom stereocenters. The van der Waals surface area contributed by atoms with Gasteiger partial charge in [0.1, 0.15) is 5.82 Å². The molecule has 0 aliphatic carbocycles. The number of nitrogens with zero attached hydrogens (tertiary/aromatic N) is 3. The zero-order valence-corrected chi connectivity index (χ0v) is 12.6. The molecule has 0 radical (unpaired) electrons. The molecule has 2 aromatic heterocycles. The van der Waals surface area contributed by atoms with Crippen LogP contribution in [-0.2, 0) is 6.42 Å². The molecule has 0 bridgehead atoms. The number of carbonyl (C=O) groups excluding carboxylic acids is 1. The fourth-order valence-electron chi connectivity index (χ4n) is 2.08. The molecule has 2 aromatic rings. The predicted octanol–water partition coefficient (Wildman–Crippen LogP) is 2.07. The maximum absolute atomic E-state index is 12.4. The van der Waals surface area contributed by atoms with E-state index in [4.69, 9.17) is 5.73 Å². The summed E-state index contributed by atoms with van der Waals surface area (Å²) >= 11 is 0. The van der Waals surface area contributed by atoms with E-state index in [9.17, 15) is 4.79 Å². The second kappa shape index (κ2) is 6.35. The summed E-state index contributed by atoms with van der Waals surface area (Å²) in [6.45, 7) is 4.04. The number of likely N-dealkylation sites (N-methyl/N-ethyl adjacent to an activating group) is 1. The first-order valence-corrected chi connectivity index (χ1v) is 6.88. The lowest BCUT2D eigenvalue weighted by Gasteiger charge is -2.25. The van der Waals surface area contributed by atoms with Crippen LogP contribution in [0.1, 0.15) is 28.5 Å². The molecule has 0 fully saturated rings. The molecular weight excluding hydrogens is 264 g/mol. The van der Waals surface area contributed by atoms with Crippen molar-refractivity contribution in [2.45, 2.75) is 26.3 Å². The minimum absolute atomic E-state index is 0.0450. The Balaban J connectivity index is 2.08. The molecule has 0 spiro atoms. The van der Waals surface area contributed by atoms with Crippen LogP contribution in [-0.4, -0.2) is 33.9 Å². The fourth-order valence-corrected chi connectivity index (χ4v) is 2.08. The number of anilines is 1. The second-order valence-electron chi connectivity index (χ2n) is 5.21. The molecule has 0 aromatic carbocycles. The quantitative estimate of drug-likeness (QED) is 0.933. The van der Waals surface area contributed by atoms with Gasteiger partial charge in [0, 0.05) is 37.6 Å². The van der Waals surface area contributed by atoms with Gasteiger partial charge in [-0.05, 0) is 37.6 Å². The zero-order chi connectivity index (χ0) is 15.4. The Morgan fingerprint density at radius 1 is 1.33 bits per heavy atom. The van der Waals surface area contributed by atoms with E-state index in [2.05, 4.69) is 9.97 Å². The lowest BCUT2D eigenvalue weighted by Crippen LogP contribution is -2.36. The van der Waals surface area contributed by atoms with Crippen LogP contribution < -0.4 is 5.73 Å². The van der Waals surface area contributed by atoms with Crippen molar-refractivity contribution in [3.8, 4) is 0 Å². The molecule has 21 heavy (non-hydrogen) atoms. The Morgan fingerprint density at radius 2 is 2.10 bits per heavy atom. The number of pyridine rings is 2. The summed E-state index contributed by atoms with van der Waals surface area (Å²) in [5.74, 6) is 0.343. The first-order chi connectivity index (χ1) is 9.99. The average molecular weight is 284 g/mol. The van der Waals surface area contributed by atoms with E-state index in [1.165, 1.54) is 6.20 Å². The standard InChI is InChI=1S/C16H20N4O/c1-11-5-4-8-18-14(11)9-12(2)20(3)16(21)13-6-7-15(17)19-10-13/h4-8,10,12H,9H2,1-3H3,(H2,17,19). The summed E-state index contributed by atoms with van der Waals surface area (Å²) in [7, 11) is 1.79. The molecule has 1 unspecified atom stereocenters. The number of carbonyl (C=O) groups is 1. The molecule has 2 N–H and O–H groups in total.